The summed E-state index contributed by atoms with van der Waals surface area (Å²) in [6, 6.07) is 8.45. The highest BCUT2D eigenvalue weighted by Crippen LogP contribution is 2.22. The average Bonchev–Trinajstić information content (AvgIpc) is 3.01. The Hall–Kier alpha value is -3.53. The van der Waals surface area contributed by atoms with Crippen LogP contribution in [0.2, 0.25) is 5.02 Å². The standard InChI is InChI=1S/C18H17ClN6O4/c1-11-9-12(2)24(21-11)16-5-6-17(26)23(22-16)8-7-20-18(27)14-4-3-13(25(28)29)10-15(14)19/h3-6,9-10H,7-8H2,1-2H3,(H,20,27). The number of nitrogens with zero attached hydrogens (tertiary/aromatic N) is 5. The Morgan fingerprint density at radius 3 is 2.59 bits per heavy atom. The van der Waals surface area contributed by atoms with Gasteiger partial charge in [-0.3, -0.25) is 19.7 Å². The van der Waals surface area contributed by atoms with Crippen LogP contribution in [0.25, 0.3) is 5.82 Å². The van der Waals surface area contributed by atoms with Gasteiger partial charge in [0.2, 0.25) is 0 Å². The van der Waals surface area contributed by atoms with Crippen molar-refractivity contribution in [1.82, 2.24) is 24.9 Å². The number of aromatic nitrogens is 4. The van der Waals surface area contributed by atoms with Crippen molar-refractivity contribution in [2.45, 2.75) is 20.4 Å². The highest BCUT2D eigenvalue weighted by Gasteiger charge is 2.15. The zero-order valence-corrected chi connectivity index (χ0v) is 16.4. The highest BCUT2D eigenvalue weighted by molar-refractivity contribution is 6.34. The minimum Gasteiger partial charge on any atom is -0.350 e. The zero-order valence-electron chi connectivity index (χ0n) is 15.6. The van der Waals surface area contributed by atoms with E-state index in [4.69, 9.17) is 11.6 Å². The molecule has 3 rings (SSSR count). The molecule has 0 spiro atoms. The first-order valence-corrected chi connectivity index (χ1v) is 8.98. The lowest BCUT2D eigenvalue weighted by molar-refractivity contribution is -0.384. The van der Waals surface area contributed by atoms with Crippen molar-refractivity contribution in [3.8, 4) is 5.82 Å². The van der Waals surface area contributed by atoms with Gasteiger partial charge in [-0.15, -0.1) is 5.10 Å². The Bertz CT molecular complexity index is 1150. The van der Waals surface area contributed by atoms with E-state index in [2.05, 4.69) is 15.5 Å². The quantitative estimate of drug-likeness (QED) is 0.484. The van der Waals surface area contributed by atoms with Crippen LogP contribution in [0.1, 0.15) is 21.7 Å². The molecule has 0 saturated carbocycles. The van der Waals surface area contributed by atoms with E-state index in [0.717, 1.165) is 17.5 Å². The van der Waals surface area contributed by atoms with E-state index >= 15 is 0 Å². The summed E-state index contributed by atoms with van der Waals surface area (Å²) in [7, 11) is 0. The molecule has 150 valence electrons. The number of carbonyl (C=O) groups excluding carboxylic acids is 1. The van der Waals surface area contributed by atoms with Gasteiger partial charge in [0.25, 0.3) is 17.2 Å². The summed E-state index contributed by atoms with van der Waals surface area (Å²) in [5.74, 6) is -0.0208. The minimum atomic E-state index is -0.596. The second-order valence-corrected chi connectivity index (χ2v) is 6.68. The molecule has 3 aromatic rings. The molecule has 0 saturated heterocycles. The van der Waals surface area contributed by atoms with Crippen molar-refractivity contribution < 1.29 is 9.72 Å². The number of carbonyl (C=O) groups is 1. The molecule has 1 aromatic carbocycles. The Balaban J connectivity index is 1.70. The Kier molecular flexibility index (Phi) is 5.74. The molecule has 11 heteroatoms. The van der Waals surface area contributed by atoms with E-state index in [1.165, 1.54) is 22.9 Å². The number of aryl methyl sites for hydroxylation is 2. The third kappa shape index (κ3) is 4.49. The SMILES string of the molecule is Cc1cc(C)n(-c2ccc(=O)n(CCNC(=O)c3ccc([N+](=O)[O-])cc3Cl)n2)n1. The van der Waals surface area contributed by atoms with Crippen LogP contribution >= 0.6 is 11.6 Å². The summed E-state index contributed by atoms with van der Waals surface area (Å²) in [6.45, 7) is 3.98. The number of hydrogen-bond donors (Lipinski definition) is 1. The predicted molar refractivity (Wildman–Crippen MR) is 106 cm³/mol. The van der Waals surface area contributed by atoms with Crippen LogP contribution in [-0.2, 0) is 6.54 Å². The molecular weight excluding hydrogens is 400 g/mol. The molecule has 0 fully saturated rings. The summed E-state index contributed by atoms with van der Waals surface area (Å²) in [5.41, 5.74) is 1.28. The van der Waals surface area contributed by atoms with E-state index in [0.29, 0.717) is 5.82 Å². The van der Waals surface area contributed by atoms with E-state index in [1.54, 1.807) is 10.7 Å². The van der Waals surface area contributed by atoms with E-state index in [-0.39, 0.29) is 34.9 Å². The topological polar surface area (TPSA) is 125 Å². The van der Waals surface area contributed by atoms with Gasteiger partial charge in [-0.2, -0.15) is 5.10 Å². The van der Waals surface area contributed by atoms with Crippen molar-refractivity contribution in [1.29, 1.82) is 0 Å². The number of benzene rings is 1. The third-order valence-electron chi connectivity index (χ3n) is 4.10. The molecule has 0 atom stereocenters. The van der Waals surface area contributed by atoms with Gasteiger partial charge in [-0.1, -0.05) is 11.6 Å². The number of non-ortho nitro benzene ring substituents is 1. The minimum absolute atomic E-state index is 0.0292. The maximum Gasteiger partial charge on any atom is 0.270 e. The monoisotopic (exact) mass is 416 g/mol. The van der Waals surface area contributed by atoms with Crippen molar-refractivity contribution in [2.24, 2.45) is 0 Å². The van der Waals surface area contributed by atoms with Gasteiger partial charge in [0, 0.05) is 30.4 Å². The lowest BCUT2D eigenvalue weighted by atomic mass is 10.2. The largest absolute Gasteiger partial charge is 0.350 e. The lowest BCUT2D eigenvalue weighted by Gasteiger charge is -2.10. The zero-order chi connectivity index (χ0) is 21.1. The number of nitro benzene ring substituents is 1. The van der Waals surface area contributed by atoms with Gasteiger partial charge in [-0.05, 0) is 32.0 Å². The highest BCUT2D eigenvalue weighted by atomic mass is 35.5. The van der Waals surface area contributed by atoms with Gasteiger partial charge in [0.1, 0.15) is 0 Å². The molecule has 29 heavy (non-hydrogen) atoms. The first-order chi connectivity index (χ1) is 13.8. The normalized spacial score (nSPS) is 10.7. The maximum atomic E-state index is 12.3. The lowest BCUT2D eigenvalue weighted by Crippen LogP contribution is -2.32. The molecule has 2 heterocycles. The van der Waals surface area contributed by atoms with E-state index in [9.17, 15) is 19.7 Å². The van der Waals surface area contributed by atoms with Gasteiger partial charge in [-0.25, -0.2) is 9.36 Å². The van der Waals surface area contributed by atoms with Crippen LogP contribution in [0.4, 0.5) is 5.69 Å². The number of hydrogen-bond acceptors (Lipinski definition) is 6. The first kappa shape index (κ1) is 20.2. The Labute approximate surface area is 169 Å². The van der Waals surface area contributed by atoms with Crippen LogP contribution in [0.5, 0.6) is 0 Å². The van der Waals surface area contributed by atoms with Crippen molar-refractivity contribution in [3.05, 3.63) is 78.8 Å². The molecule has 0 aliphatic carbocycles. The molecule has 1 amide bonds. The Morgan fingerprint density at radius 1 is 1.21 bits per heavy atom. The maximum absolute atomic E-state index is 12.3. The molecule has 0 bridgehead atoms. The van der Waals surface area contributed by atoms with Crippen LogP contribution in [0.3, 0.4) is 0 Å². The molecule has 10 nitrogen and oxygen atoms in total. The number of halogens is 1. The molecular formula is C18H17ClN6O4. The van der Waals surface area contributed by atoms with Crippen molar-refractivity contribution in [3.63, 3.8) is 0 Å². The number of amides is 1. The van der Waals surface area contributed by atoms with Crippen LogP contribution in [0.15, 0.2) is 41.2 Å². The summed E-state index contributed by atoms with van der Waals surface area (Å²) >= 11 is 5.95. The molecule has 0 unspecified atom stereocenters. The van der Waals surface area contributed by atoms with Crippen LogP contribution in [-0.4, -0.2) is 36.9 Å². The molecule has 0 radical (unpaired) electrons. The predicted octanol–water partition coefficient (Wildman–Crippen LogP) is 2.04. The van der Waals surface area contributed by atoms with Crippen LogP contribution < -0.4 is 10.9 Å². The van der Waals surface area contributed by atoms with Gasteiger partial charge in [0.15, 0.2) is 5.82 Å². The molecule has 0 aliphatic rings. The smallest absolute Gasteiger partial charge is 0.270 e. The van der Waals surface area contributed by atoms with Gasteiger partial charge < -0.3 is 5.32 Å². The third-order valence-corrected chi connectivity index (χ3v) is 4.41. The fourth-order valence-corrected chi connectivity index (χ4v) is 3.01. The fraction of sp³-hybridized carbons (Fsp3) is 0.222. The molecule has 1 N–H and O–H groups in total. The number of rotatable bonds is 6. The average molecular weight is 417 g/mol. The summed E-state index contributed by atoms with van der Waals surface area (Å²) in [5, 5.41) is 22.0. The number of nitro groups is 1. The van der Waals surface area contributed by atoms with Crippen LogP contribution in [0, 0.1) is 24.0 Å². The second-order valence-electron chi connectivity index (χ2n) is 6.27. The van der Waals surface area contributed by atoms with Gasteiger partial charge in [0.05, 0.1) is 27.7 Å². The second kappa shape index (κ2) is 8.23. The van der Waals surface area contributed by atoms with Gasteiger partial charge >= 0.3 is 0 Å². The molecule has 0 aliphatic heterocycles. The Morgan fingerprint density at radius 2 is 1.97 bits per heavy atom. The van der Waals surface area contributed by atoms with E-state index < -0.39 is 10.8 Å². The molecule has 2 aromatic heterocycles. The fourth-order valence-electron chi connectivity index (χ4n) is 2.74. The van der Waals surface area contributed by atoms with Crippen molar-refractivity contribution in [2.75, 3.05) is 6.54 Å². The first-order valence-electron chi connectivity index (χ1n) is 8.60. The number of nitrogens with one attached hydrogen (secondary N) is 1. The summed E-state index contributed by atoms with van der Waals surface area (Å²) in [4.78, 5) is 34.5. The summed E-state index contributed by atoms with van der Waals surface area (Å²) in [6.07, 6.45) is 0. The van der Waals surface area contributed by atoms with Crippen molar-refractivity contribution >= 4 is 23.2 Å². The summed E-state index contributed by atoms with van der Waals surface area (Å²) < 4.78 is 2.85. The van der Waals surface area contributed by atoms with E-state index in [1.807, 2.05) is 19.9 Å².